The van der Waals surface area contributed by atoms with E-state index in [0.29, 0.717) is 13.1 Å². The first-order chi connectivity index (χ1) is 13.0. The Hall–Kier alpha value is -2.57. The maximum absolute atomic E-state index is 12.1. The van der Waals surface area contributed by atoms with Gasteiger partial charge in [-0.05, 0) is 43.0 Å². The van der Waals surface area contributed by atoms with E-state index in [-0.39, 0.29) is 30.3 Å². The largest absolute Gasteiger partial charge is 0.338 e. The Morgan fingerprint density at radius 2 is 1.93 bits per heavy atom. The molecular formula is C20H28N4O3. The number of anilines is 2. The van der Waals surface area contributed by atoms with Crippen LogP contribution in [0.4, 0.5) is 16.2 Å². The third-order valence-corrected chi connectivity index (χ3v) is 5.22. The van der Waals surface area contributed by atoms with Crippen molar-refractivity contribution >= 4 is 29.2 Å². The molecule has 1 aliphatic heterocycles. The summed E-state index contributed by atoms with van der Waals surface area (Å²) in [6, 6.07) is 5.65. The lowest BCUT2D eigenvalue weighted by Gasteiger charge is -2.22. The van der Waals surface area contributed by atoms with Crippen molar-refractivity contribution < 1.29 is 14.4 Å². The lowest BCUT2D eigenvalue weighted by molar-refractivity contribution is -0.117. The van der Waals surface area contributed by atoms with Crippen LogP contribution >= 0.6 is 0 Å². The molecule has 1 saturated carbocycles. The number of rotatable bonds is 5. The Kier molecular flexibility index (Phi) is 6.32. The molecule has 146 valence electrons. The van der Waals surface area contributed by atoms with Crippen LogP contribution in [0.25, 0.3) is 0 Å². The summed E-state index contributed by atoms with van der Waals surface area (Å²) >= 11 is 0. The van der Waals surface area contributed by atoms with Crippen LogP contribution < -0.4 is 20.9 Å². The summed E-state index contributed by atoms with van der Waals surface area (Å²) in [7, 11) is 0. The molecule has 0 spiro atoms. The molecule has 27 heavy (non-hydrogen) atoms. The summed E-state index contributed by atoms with van der Waals surface area (Å²) in [5.74, 6) is -0.113. The van der Waals surface area contributed by atoms with Gasteiger partial charge in [-0.2, -0.15) is 0 Å². The highest BCUT2D eigenvalue weighted by atomic mass is 16.2. The zero-order chi connectivity index (χ0) is 19.2. The molecular weight excluding hydrogens is 344 g/mol. The molecule has 1 heterocycles. The van der Waals surface area contributed by atoms with Crippen molar-refractivity contribution in [1.29, 1.82) is 0 Å². The number of nitrogens with zero attached hydrogens (tertiary/aromatic N) is 1. The second-order valence-corrected chi connectivity index (χ2v) is 7.30. The van der Waals surface area contributed by atoms with Gasteiger partial charge in [0.05, 0.1) is 0 Å². The summed E-state index contributed by atoms with van der Waals surface area (Å²) in [4.78, 5) is 37.3. The molecule has 0 saturated heterocycles. The fourth-order valence-corrected chi connectivity index (χ4v) is 3.80. The first-order valence-electron chi connectivity index (χ1n) is 9.78. The minimum atomic E-state index is -0.198. The van der Waals surface area contributed by atoms with Gasteiger partial charge in [-0.15, -0.1) is 0 Å². The minimum absolute atomic E-state index is 0.0307. The highest BCUT2D eigenvalue weighted by molar-refractivity contribution is 5.95. The van der Waals surface area contributed by atoms with E-state index in [1.54, 1.807) is 17.9 Å². The van der Waals surface area contributed by atoms with Gasteiger partial charge in [-0.1, -0.05) is 19.3 Å². The topological polar surface area (TPSA) is 90.5 Å². The molecule has 0 unspecified atom stereocenters. The Labute approximate surface area is 159 Å². The summed E-state index contributed by atoms with van der Waals surface area (Å²) < 4.78 is 0. The van der Waals surface area contributed by atoms with E-state index >= 15 is 0 Å². The van der Waals surface area contributed by atoms with Crippen molar-refractivity contribution in [1.82, 2.24) is 10.6 Å². The molecule has 0 aromatic heterocycles. The van der Waals surface area contributed by atoms with Crippen molar-refractivity contribution in [3.63, 3.8) is 0 Å². The van der Waals surface area contributed by atoms with Gasteiger partial charge in [0.25, 0.3) is 0 Å². The van der Waals surface area contributed by atoms with Gasteiger partial charge in [-0.3, -0.25) is 9.59 Å². The lowest BCUT2D eigenvalue weighted by Crippen LogP contribution is -2.43. The average Bonchev–Trinajstić information content (AvgIpc) is 3.06. The number of nitrogens with one attached hydrogen (secondary N) is 3. The SMILES string of the molecule is CC(=O)N1CCc2cc(NC(=O)CCNC(=O)NC3CCCCC3)ccc21. The van der Waals surface area contributed by atoms with Crippen molar-refractivity contribution in [2.75, 3.05) is 23.3 Å². The highest BCUT2D eigenvalue weighted by Crippen LogP contribution is 2.30. The predicted octanol–water partition coefficient (Wildman–Crippen LogP) is 2.56. The van der Waals surface area contributed by atoms with Crippen LogP contribution in [-0.2, 0) is 16.0 Å². The molecule has 0 bridgehead atoms. The third-order valence-electron chi connectivity index (χ3n) is 5.22. The van der Waals surface area contributed by atoms with E-state index in [1.807, 2.05) is 12.1 Å². The number of carbonyl (C=O) groups is 3. The second kappa shape index (κ2) is 8.88. The maximum atomic E-state index is 12.1. The maximum Gasteiger partial charge on any atom is 0.315 e. The van der Waals surface area contributed by atoms with Gasteiger partial charge < -0.3 is 20.9 Å². The zero-order valence-electron chi connectivity index (χ0n) is 15.8. The van der Waals surface area contributed by atoms with Crippen LogP contribution in [0.3, 0.4) is 0 Å². The molecule has 1 aromatic carbocycles. The van der Waals surface area contributed by atoms with Crippen LogP contribution in [-0.4, -0.2) is 37.0 Å². The zero-order valence-corrected chi connectivity index (χ0v) is 15.8. The van der Waals surface area contributed by atoms with Gasteiger partial charge in [0, 0.05) is 43.9 Å². The third kappa shape index (κ3) is 5.21. The first kappa shape index (κ1) is 19.2. The van der Waals surface area contributed by atoms with Crippen molar-refractivity contribution in [2.45, 2.75) is 57.9 Å². The molecule has 0 atom stereocenters. The number of hydrogen-bond acceptors (Lipinski definition) is 3. The van der Waals surface area contributed by atoms with Crippen LogP contribution in [0, 0.1) is 0 Å². The number of urea groups is 1. The smallest absolute Gasteiger partial charge is 0.315 e. The Balaban J connectivity index is 1.40. The Morgan fingerprint density at radius 1 is 1.15 bits per heavy atom. The van der Waals surface area contributed by atoms with E-state index in [2.05, 4.69) is 16.0 Å². The quantitative estimate of drug-likeness (QED) is 0.742. The van der Waals surface area contributed by atoms with Crippen LogP contribution in [0.5, 0.6) is 0 Å². The number of benzene rings is 1. The fourth-order valence-electron chi connectivity index (χ4n) is 3.80. The first-order valence-corrected chi connectivity index (χ1v) is 9.78. The summed E-state index contributed by atoms with van der Waals surface area (Å²) in [5, 5.41) is 8.58. The van der Waals surface area contributed by atoms with Crippen molar-refractivity contribution in [2.24, 2.45) is 0 Å². The molecule has 1 aliphatic carbocycles. The van der Waals surface area contributed by atoms with Crippen molar-refractivity contribution in [3.8, 4) is 0 Å². The Bertz CT molecular complexity index is 713. The van der Waals surface area contributed by atoms with E-state index in [0.717, 1.165) is 49.0 Å². The van der Waals surface area contributed by atoms with Crippen LogP contribution in [0.2, 0.25) is 0 Å². The van der Waals surface area contributed by atoms with Gasteiger partial charge in [0.2, 0.25) is 11.8 Å². The van der Waals surface area contributed by atoms with Gasteiger partial charge in [-0.25, -0.2) is 4.79 Å². The molecule has 0 radical (unpaired) electrons. The molecule has 2 aliphatic rings. The summed E-state index contributed by atoms with van der Waals surface area (Å²) in [6.07, 6.45) is 6.66. The molecule has 3 N–H and O–H groups in total. The molecule has 3 rings (SSSR count). The lowest BCUT2D eigenvalue weighted by atomic mass is 9.96. The monoisotopic (exact) mass is 372 g/mol. The molecule has 4 amide bonds. The second-order valence-electron chi connectivity index (χ2n) is 7.30. The van der Waals surface area contributed by atoms with E-state index < -0.39 is 0 Å². The fraction of sp³-hybridized carbons (Fsp3) is 0.550. The van der Waals surface area contributed by atoms with Crippen LogP contribution in [0.1, 0.15) is 51.0 Å². The molecule has 1 aromatic rings. The van der Waals surface area contributed by atoms with Gasteiger partial charge in [0.15, 0.2) is 0 Å². The van der Waals surface area contributed by atoms with E-state index in [4.69, 9.17) is 0 Å². The normalized spacial score (nSPS) is 16.6. The van der Waals surface area contributed by atoms with Gasteiger partial charge in [0.1, 0.15) is 0 Å². The Morgan fingerprint density at radius 3 is 2.67 bits per heavy atom. The van der Waals surface area contributed by atoms with Crippen LogP contribution in [0.15, 0.2) is 18.2 Å². The van der Waals surface area contributed by atoms with Gasteiger partial charge >= 0.3 is 6.03 Å². The number of hydrogen-bond donors (Lipinski definition) is 3. The van der Waals surface area contributed by atoms with E-state index in [9.17, 15) is 14.4 Å². The summed E-state index contributed by atoms with van der Waals surface area (Å²) in [6.45, 7) is 2.54. The predicted molar refractivity (Wildman–Crippen MR) is 105 cm³/mol. The van der Waals surface area contributed by atoms with Crippen molar-refractivity contribution in [3.05, 3.63) is 23.8 Å². The molecule has 7 heteroatoms. The highest BCUT2D eigenvalue weighted by Gasteiger charge is 2.22. The molecule has 1 fully saturated rings. The minimum Gasteiger partial charge on any atom is -0.338 e. The number of fused-ring (bicyclic) bond motifs is 1. The average molecular weight is 372 g/mol. The standard InChI is InChI=1S/C20H28N4O3/c1-14(25)24-12-10-15-13-17(7-8-18(15)24)22-19(26)9-11-21-20(27)23-16-5-3-2-4-6-16/h7-8,13,16H,2-6,9-12H2,1H3,(H,22,26)(H2,21,23,27). The molecule has 7 nitrogen and oxygen atoms in total. The number of carbonyl (C=O) groups excluding carboxylic acids is 3. The van der Waals surface area contributed by atoms with E-state index in [1.165, 1.54) is 6.42 Å². The summed E-state index contributed by atoms with van der Waals surface area (Å²) in [5.41, 5.74) is 2.70. The number of amides is 4.